The highest BCUT2D eigenvalue weighted by atomic mass is 31.1. The molecule has 0 radical (unpaired) electrons. The summed E-state index contributed by atoms with van der Waals surface area (Å²) in [6, 6.07) is 16.5. The van der Waals surface area contributed by atoms with E-state index in [-0.39, 0.29) is 29.5 Å². The van der Waals surface area contributed by atoms with Gasteiger partial charge < -0.3 is 37.1 Å². The summed E-state index contributed by atoms with van der Waals surface area (Å²) >= 11 is 0. The molecule has 8 nitrogen and oxygen atoms in total. The fourth-order valence-electron chi connectivity index (χ4n) is 9.93. The van der Waals surface area contributed by atoms with Gasteiger partial charge >= 0.3 is 8.24 Å². The van der Waals surface area contributed by atoms with Crippen LogP contribution in [0.25, 0.3) is 33.1 Å². The van der Waals surface area contributed by atoms with Crippen LogP contribution in [0.5, 0.6) is 23.0 Å². The van der Waals surface area contributed by atoms with Crippen molar-refractivity contribution in [3.8, 4) is 34.1 Å². The van der Waals surface area contributed by atoms with Crippen LogP contribution in [0.2, 0.25) is 0 Å². The van der Waals surface area contributed by atoms with Crippen LogP contribution in [0.4, 0.5) is 0 Å². The molecule has 5 aromatic rings. The van der Waals surface area contributed by atoms with Crippen molar-refractivity contribution in [3.05, 3.63) is 81.9 Å². The van der Waals surface area contributed by atoms with Crippen molar-refractivity contribution in [3.63, 3.8) is 0 Å². The highest BCUT2D eigenvalue weighted by Crippen LogP contribution is 2.60. The molecule has 360 valence electrons. The van der Waals surface area contributed by atoms with E-state index in [9.17, 15) is 10.2 Å². The van der Waals surface area contributed by atoms with Crippen molar-refractivity contribution < 1.29 is 37.1 Å². The second kappa shape index (κ2) is 19.7. The molecular weight excluding hydrogens is 863 g/mol. The number of fused-ring (bicyclic) bond motifs is 3. The van der Waals surface area contributed by atoms with Gasteiger partial charge in [-0.3, -0.25) is 0 Å². The first kappa shape index (κ1) is 50.2. The van der Waals surface area contributed by atoms with E-state index in [0.29, 0.717) is 34.0 Å². The molecule has 1 aromatic heterocycles. The highest BCUT2D eigenvalue weighted by molar-refractivity contribution is 7.54. The second-order valence-electron chi connectivity index (χ2n) is 23.0. The highest BCUT2D eigenvalue weighted by Gasteiger charge is 2.38. The summed E-state index contributed by atoms with van der Waals surface area (Å²) in [6.45, 7) is 26.0. The molecule has 0 bridgehead atoms. The Hall–Kier alpha value is -3.67. The van der Waals surface area contributed by atoms with Gasteiger partial charge in [-0.25, -0.2) is 0 Å². The van der Waals surface area contributed by atoms with Crippen molar-refractivity contribution in [1.29, 1.82) is 0 Å². The van der Waals surface area contributed by atoms with E-state index in [0.717, 1.165) is 66.8 Å². The van der Waals surface area contributed by atoms with E-state index in [1.807, 2.05) is 24.3 Å². The smallest absolute Gasteiger partial charge is 0.453 e. The van der Waals surface area contributed by atoms with Gasteiger partial charge in [0.15, 0.2) is 0 Å². The van der Waals surface area contributed by atoms with Crippen LogP contribution in [0.1, 0.15) is 181 Å². The number of ether oxygens (including phenoxy) is 2. The Morgan fingerprint density at radius 3 is 1.26 bits per heavy atom. The van der Waals surface area contributed by atoms with E-state index in [2.05, 4.69) is 107 Å². The van der Waals surface area contributed by atoms with Gasteiger partial charge in [-0.1, -0.05) is 122 Å². The number of methoxy groups -OCH3 is 2. The topological polar surface area (TPSA) is 104 Å². The largest absolute Gasteiger partial charge is 0.497 e. The molecule has 0 aliphatic heterocycles. The average Bonchev–Trinajstić information content (AvgIpc) is 3.42. The Morgan fingerprint density at radius 2 is 0.894 bits per heavy atom. The minimum absolute atomic E-state index is 0.140. The van der Waals surface area contributed by atoms with Gasteiger partial charge in [0.1, 0.15) is 34.2 Å². The summed E-state index contributed by atoms with van der Waals surface area (Å²) in [7, 11) is 0.433. The third kappa shape index (κ3) is 10.8. The summed E-state index contributed by atoms with van der Waals surface area (Å²) in [5, 5.41) is 22.9. The minimum atomic E-state index is -2.21. The van der Waals surface area contributed by atoms with Gasteiger partial charge in [-0.2, -0.15) is 0 Å². The Morgan fingerprint density at radius 1 is 0.515 bits per heavy atom. The molecule has 2 N–H and O–H groups in total. The Bertz CT molecular complexity index is 2450. The first-order chi connectivity index (χ1) is 31.0. The molecule has 4 aromatic carbocycles. The maximum Gasteiger partial charge on any atom is 0.453 e. The molecular formula is C56H78O8P2. The van der Waals surface area contributed by atoms with Crippen LogP contribution in [0.3, 0.4) is 0 Å². The molecule has 66 heavy (non-hydrogen) atoms. The van der Waals surface area contributed by atoms with Gasteiger partial charge in [0.2, 0.25) is 0 Å². The normalized spacial score (nSPS) is 16.0. The Balaban J connectivity index is 1.60. The molecule has 0 spiro atoms. The van der Waals surface area contributed by atoms with Crippen LogP contribution in [0, 0.1) is 0 Å². The van der Waals surface area contributed by atoms with E-state index in [4.69, 9.17) is 26.9 Å². The van der Waals surface area contributed by atoms with Gasteiger partial charge in [0, 0.05) is 55.5 Å². The van der Waals surface area contributed by atoms with Crippen LogP contribution in [-0.4, -0.2) is 35.8 Å². The fourth-order valence-corrected chi connectivity index (χ4v) is 14.1. The number of aliphatic hydroxyl groups is 2. The first-order valence-electron chi connectivity index (χ1n) is 24.4. The summed E-state index contributed by atoms with van der Waals surface area (Å²) in [5.41, 5.74) is 8.03. The standard InChI is InChI=1S/C56H78O8P2/c1-53(2,3)45-27-35(33-57)25-41-42-26-36(34-58)28-46(54(4,5)6)51(42)63-66(62-50(41)45)64-52-44(30-38(60-14)32-48(52)56(10,11)12)43-29-37(59-13)31-47(55(7,8)9)49(43)61-65(39-21-17-15-18-22-39)40-23-19-16-20-24-40/h25-32,39-40,57-58H,15-24,33-34H2,1-14H3. The van der Waals surface area contributed by atoms with Gasteiger partial charge in [-0.15, -0.1) is 0 Å². The summed E-state index contributed by atoms with van der Waals surface area (Å²) in [6.07, 6.45) is 12.5. The maximum absolute atomic E-state index is 10.6. The minimum Gasteiger partial charge on any atom is -0.497 e. The van der Waals surface area contributed by atoms with Crippen LogP contribution in [0.15, 0.2) is 56.9 Å². The van der Waals surface area contributed by atoms with E-state index < -0.39 is 21.8 Å². The van der Waals surface area contributed by atoms with Crippen LogP contribution < -0.4 is 18.5 Å². The lowest BCUT2D eigenvalue weighted by atomic mass is 9.81. The predicted octanol–water partition coefficient (Wildman–Crippen LogP) is 16.4. The number of hydrogen-bond acceptors (Lipinski definition) is 8. The number of benzene rings is 4. The molecule has 1 heterocycles. The van der Waals surface area contributed by atoms with Crippen molar-refractivity contribution in [1.82, 2.24) is 0 Å². The predicted molar refractivity (Wildman–Crippen MR) is 275 cm³/mol. The van der Waals surface area contributed by atoms with Gasteiger partial charge in [0.05, 0.1) is 35.6 Å². The lowest BCUT2D eigenvalue weighted by molar-refractivity contribution is 0.281. The molecule has 2 aliphatic rings. The molecule has 0 amide bonds. The molecule has 2 aliphatic carbocycles. The third-order valence-electron chi connectivity index (χ3n) is 13.6. The molecule has 2 saturated carbocycles. The summed E-state index contributed by atoms with van der Waals surface area (Å²) in [4.78, 5) is 0. The maximum atomic E-state index is 10.6. The van der Waals surface area contributed by atoms with Crippen LogP contribution in [-0.2, 0) is 34.9 Å². The molecule has 0 atom stereocenters. The molecule has 7 rings (SSSR count). The zero-order valence-corrected chi connectivity index (χ0v) is 44.3. The van der Waals surface area contributed by atoms with Crippen LogP contribution >= 0.6 is 16.4 Å². The number of rotatable bonds is 11. The Labute approximate surface area is 397 Å². The lowest BCUT2D eigenvalue weighted by Gasteiger charge is -2.39. The monoisotopic (exact) mass is 941 g/mol. The Kier molecular flexibility index (Phi) is 15.0. The van der Waals surface area contributed by atoms with E-state index in [1.165, 1.54) is 64.2 Å². The van der Waals surface area contributed by atoms with E-state index >= 15 is 0 Å². The lowest BCUT2D eigenvalue weighted by Crippen LogP contribution is -2.24. The third-order valence-corrected chi connectivity index (χ3v) is 17.5. The first-order valence-corrected chi connectivity index (χ1v) is 26.9. The molecule has 10 heteroatoms. The van der Waals surface area contributed by atoms with Crippen molar-refractivity contribution >= 4 is 38.3 Å². The van der Waals surface area contributed by atoms with Gasteiger partial charge in [0.25, 0.3) is 0 Å². The number of hydrogen-bond donors (Lipinski definition) is 2. The molecule has 0 saturated heterocycles. The van der Waals surface area contributed by atoms with Crippen molar-refractivity contribution in [2.75, 3.05) is 14.2 Å². The van der Waals surface area contributed by atoms with E-state index in [1.54, 1.807) is 14.2 Å². The quantitative estimate of drug-likeness (QED) is 0.126. The number of aliphatic hydroxyl groups excluding tert-OH is 2. The average molecular weight is 941 g/mol. The molecule has 0 unspecified atom stereocenters. The fraction of sp³-hybridized carbons (Fsp3) is 0.571. The zero-order chi connectivity index (χ0) is 47.9. The zero-order valence-electron chi connectivity index (χ0n) is 42.5. The van der Waals surface area contributed by atoms with Crippen molar-refractivity contribution in [2.45, 2.75) is 193 Å². The van der Waals surface area contributed by atoms with Crippen molar-refractivity contribution in [2.24, 2.45) is 0 Å². The van der Waals surface area contributed by atoms with Gasteiger partial charge in [-0.05, 0) is 107 Å². The summed E-state index contributed by atoms with van der Waals surface area (Å²) in [5.74, 6) is 2.98. The SMILES string of the molecule is COc1cc(-c2cc(OC)cc(C(C)(C)C)c2Op2oc3c(C(C)(C)C)cc(CO)cc3c3cc(CO)cc(C(C)(C)C)c3o2)c(OP(C2CCCCC2)C2CCCCC2)c(C(C)(C)C)c1. The summed E-state index contributed by atoms with van der Waals surface area (Å²) < 4.78 is 42.1. The second-order valence-corrected chi connectivity index (χ2v) is 26.3. The molecule has 2 fully saturated rings.